The Bertz CT molecular complexity index is 422. The normalized spacial score (nSPS) is 19.6. The standard InChI is InChI=1S/C17H29N3/c1-6-8-9-19-15(4)17(14(3)7-2)16(5)20-12-10-18-11-13-20/h7-9,18H,6,10-13H2,1-5H3/b9-8+,14-7-,17-16+,19-15+. The Kier molecular flexibility index (Phi) is 7.31. The second-order valence-electron chi connectivity index (χ2n) is 5.18. The number of piperazine rings is 1. The van der Waals surface area contributed by atoms with Crippen LogP contribution in [0.15, 0.2) is 40.2 Å². The summed E-state index contributed by atoms with van der Waals surface area (Å²) in [7, 11) is 0. The van der Waals surface area contributed by atoms with E-state index in [0.29, 0.717) is 0 Å². The topological polar surface area (TPSA) is 27.6 Å². The highest BCUT2D eigenvalue weighted by Gasteiger charge is 2.16. The van der Waals surface area contributed by atoms with Crippen LogP contribution < -0.4 is 5.32 Å². The fraction of sp³-hybridized carbons (Fsp3) is 0.588. The van der Waals surface area contributed by atoms with Gasteiger partial charge in [0, 0.05) is 49.4 Å². The first-order chi connectivity index (χ1) is 9.61. The molecule has 0 radical (unpaired) electrons. The van der Waals surface area contributed by atoms with E-state index >= 15 is 0 Å². The maximum absolute atomic E-state index is 4.59. The Labute approximate surface area is 124 Å². The molecular formula is C17H29N3. The maximum atomic E-state index is 4.59. The Morgan fingerprint density at radius 2 is 1.85 bits per heavy atom. The molecule has 0 amide bonds. The largest absolute Gasteiger partial charge is 0.372 e. The molecular weight excluding hydrogens is 246 g/mol. The van der Waals surface area contributed by atoms with Crippen molar-refractivity contribution in [2.75, 3.05) is 26.2 Å². The van der Waals surface area contributed by atoms with E-state index in [0.717, 1.165) is 38.3 Å². The van der Waals surface area contributed by atoms with E-state index in [-0.39, 0.29) is 0 Å². The highest BCUT2D eigenvalue weighted by atomic mass is 15.2. The van der Waals surface area contributed by atoms with Crippen LogP contribution in [0.4, 0.5) is 0 Å². The van der Waals surface area contributed by atoms with Crippen LogP contribution in [-0.2, 0) is 0 Å². The molecule has 1 aliphatic heterocycles. The molecule has 1 saturated heterocycles. The van der Waals surface area contributed by atoms with Crippen molar-refractivity contribution in [3.63, 3.8) is 0 Å². The van der Waals surface area contributed by atoms with E-state index in [4.69, 9.17) is 0 Å². The van der Waals surface area contributed by atoms with Crippen LogP contribution in [0.3, 0.4) is 0 Å². The molecule has 3 heteroatoms. The molecule has 1 fully saturated rings. The molecule has 0 bridgehead atoms. The predicted octanol–water partition coefficient (Wildman–Crippen LogP) is 3.52. The number of nitrogens with one attached hydrogen (secondary N) is 1. The molecule has 0 aromatic heterocycles. The summed E-state index contributed by atoms with van der Waals surface area (Å²) < 4.78 is 0. The van der Waals surface area contributed by atoms with Crippen molar-refractivity contribution in [1.29, 1.82) is 0 Å². The lowest BCUT2D eigenvalue weighted by Crippen LogP contribution is -2.43. The summed E-state index contributed by atoms with van der Waals surface area (Å²) in [5.74, 6) is 0. The SMILES string of the molecule is C\C=C(C)/C(C(/C)=N/C=C/CC)=C(/C)N1CCNCC1. The van der Waals surface area contributed by atoms with Crippen molar-refractivity contribution in [3.8, 4) is 0 Å². The van der Waals surface area contributed by atoms with Crippen molar-refractivity contribution in [3.05, 3.63) is 35.2 Å². The zero-order valence-corrected chi connectivity index (χ0v) is 13.7. The van der Waals surface area contributed by atoms with Crippen molar-refractivity contribution in [2.45, 2.75) is 41.0 Å². The summed E-state index contributed by atoms with van der Waals surface area (Å²) in [5, 5.41) is 3.40. The van der Waals surface area contributed by atoms with E-state index in [1.807, 2.05) is 6.20 Å². The van der Waals surface area contributed by atoms with E-state index in [1.54, 1.807) is 0 Å². The van der Waals surface area contributed by atoms with Gasteiger partial charge in [-0.15, -0.1) is 0 Å². The zero-order chi connectivity index (χ0) is 15.0. The van der Waals surface area contributed by atoms with E-state index in [2.05, 4.69) is 62.0 Å². The van der Waals surface area contributed by atoms with Crippen molar-refractivity contribution < 1.29 is 0 Å². The van der Waals surface area contributed by atoms with Crippen LogP contribution in [0.2, 0.25) is 0 Å². The van der Waals surface area contributed by atoms with Gasteiger partial charge in [-0.25, -0.2) is 0 Å². The summed E-state index contributed by atoms with van der Waals surface area (Å²) in [4.78, 5) is 7.05. The Hall–Kier alpha value is -1.35. The number of hydrogen-bond acceptors (Lipinski definition) is 3. The van der Waals surface area contributed by atoms with Gasteiger partial charge in [0.25, 0.3) is 0 Å². The van der Waals surface area contributed by atoms with Gasteiger partial charge in [-0.1, -0.05) is 19.1 Å². The fourth-order valence-corrected chi connectivity index (χ4v) is 2.47. The van der Waals surface area contributed by atoms with Gasteiger partial charge in [-0.3, -0.25) is 4.99 Å². The third-order valence-corrected chi connectivity index (χ3v) is 3.75. The van der Waals surface area contributed by atoms with Crippen LogP contribution in [-0.4, -0.2) is 36.8 Å². The summed E-state index contributed by atoms with van der Waals surface area (Å²) >= 11 is 0. The van der Waals surface area contributed by atoms with Crippen LogP contribution in [0.25, 0.3) is 0 Å². The predicted molar refractivity (Wildman–Crippen MR) is 89.1 cm³/mol. The number of rotatable bonds is 5. The van der Waals surface area contributed by atoms with Gasteiger partial charge in [-0.2, -0.15) is 0 Å². The number of hydrogen-bond donors (Lipinski definition) is 1. The highest BCUT2D eigenvalue weighted by Crippen LogP contribution is 2.20. The van der Waals surface area contributed by atoms with E-state index in [9.17, 15) is 0 Å². The number of aliphatic imine (C=N–C) groups is 1. The minimum atomic E-state index is 1.02. The molecule has 1 aliphatic rings. The Morgan fingerprint density at radius 1 is 1.20 bits per heavy atom. The number of allylic oxidation sites excluding steroid dienone is 5. The van der Waals surface area contributed by atoms with Crippen LogP contribution in [0.5, 0.6) is 0 Å². The summed E-state index contributed by atoms with van der Waals surface area (Å²) in [6.45, 7) is 15.0. The molecule has 0 saturated carbocycles. The molecule has 0 spiro atoms. The van der Waals surface area contributed by atoms with Crippen LogP contribution in [0, 0.1) is 0 Å². The minimum Gasteiger partial charge on any atom is -0.372 e. The Morgan fingerprint density at radius 3 is 2.40 bits per heavy atom. The highest BCUT2D eigenvalue weighted by molar-refractivity contribution is 6.02. The molecule has 0 aliphatic carbocycles. The summed E-state index contributed by atoms with van der Waals surface area (Å²) in [6.07, 6.45) is 7.20. The lowest BCUT2D eigenvalue weighted by atomic mass is 10.00. The molecule has 3 nitrogen and oxygen atoms in total. The summed E-state index contributed by atoms with van der Waals surface area (Å²) in [6, 6.07) is 0. The average Bonchev–Trinajstić information content (AvgIpc) is 2.48. The second kappa shape index (κ2) is 8.75. The molecule has 1 rings (SSSR count). The molecule has 112 valence electrons. The smallest absolute Gasteiger partial charge is 0.0464 e. The fourth-order valence-electron chi connectivity index (χ4n) is 2.47. The van der Waals surface area contributed by atoms with Crippen LogP contribution >= 0.6 is 0 Å². The molecule has 0 unspecified atom stereocenters. The number of nitrogens with zero attached hydrogens (tertiary/aromatic N) is 2. The zero-order valence-electron chi connectivity index (χ0n) is 13.7. The monoisotopic (exact) mass is 275 g/mol. The van der Waals surface area contributed by atoms with Crippen molar-refractivity contribution in [1.82, 2.24) is 10.2 Å². The lowest BCUT2D eigenvalue weighted by molar-refractivity contribution is 0.298. The van der Waals surface area contributed by atoms with E-state index < -0.39 is 0 Å². The third-order valence-electron chi connectivity index (χ3n) is 3.75. The van der Waals surface area contributed by atoms with Gasteiger partial charge in [0.1, 0.15) is 0 Å². The third kappa shape index (κ3) is 4.64. The first kappa shape index (κ1) is 16.7. The molecule has 20 heavy (non-hydrogen) atoms. The Balaban J connectivity index is 3.09. The average molecular weight is 275 g/mol. The van der Waals surface area contributed by atoms with Gasteiger partial charge in [-0.05, 0) is 39.7 Å². The molecule has 0 aromatic rings. The molecule has 1 heterocycles. The van der Waals surface area contributed by atoms with Gasteiger partial charge in [0.15, 0.2) is 0 Å². The maximum Gasteiger partial charge on any atom is 0.0464 e. The molecule has 0 aromatic carbocycles. The first-order valence-corrected chi connectivity index (χ1v) is 7.61. The minimum absolute atomic E-state index is 1.02. The lowest BCUT2D eigenvalue weighted by Gasteiger charge is -2.32. The van der Waals surface area contributed by atoms with Gasteiger partial charge in [0.2, 0.25) is 0 Å². The molecule has 0 atom stereocenters. The van der Waals surface area contributed by atoms with Gasteiger partial charge in [0.05, 0.1) is 0 Å². The second-order valence-corrected chi connectivity index (χ2v) is 5.18. The quantitative estimate of drug-likeness (QED) is 0.614. The van der Waals surface area contributed by atoms with Gasteiger partial charge < -0.3 is 10.2 Å². The van der Waals surface area contributed by atoms with Crippen LogP contribution in [0.1, 0.15) is 41.0 Å². The van der Waals surface area contributed by atoms with Crippen molar-refractivity contribution in [2.24, 2.45) is 4.99 Å². The first-order valence-electron chi connectivity index (χ1n) is 7.61. The summed E-state index contributed by atoms with van der Waals surface area (Å²) in [5.41, 5.74) is 5.02. The van der Waals surface area contributed by atoms with E-state index in [1.165, 1.54) is 16.8 Å². The van der Waals surface area contributed by atoms with Crippen molar-refractivity contribution >= 4 is 5.71 Å². The van der Waals surface area contributed by atoms with Gasteiger partial charge >= 0.3 is 0 Å². The molecule has 1 N–H and O–H groups in total.